The highest BCUT2D eigenvalue weighted by molar-refractivity contribution is 7.79. The summed E-state index contributed by atoms with van der Waals surface area (Å²) in [5.41, 5.74) is 3.70. The van der Waals surface area contributed by atoms with Crippen molar-refractivity contribution in [3.05, 3.63) is 33.2 Å². The maximum absolute atomic E-state index is 12.2. The molecule has 0 amide bonds. The molecule has 0 unspecified atom stereocenters. The van der Waals surface area contributed by atoms with Gasteiger partial charge < -0.3 is 4.57 Å². The minimum atomic E-state index is 0.178. The molecule has 1 aliphatic rings. The van der Waals surface area contributed by atoms with Crippen molar-refractivity contribution < 1.29 is 0 Å². The highest BCUT2D eigenvalue weighted by Crippen LogP contribution is 2.21. The lowest BCUT2D eigenvalue weighted by molar-refractivity contribution is 0.563. The minimum Gasteiger partial charge on any atom is -0.312 e. The number of aryl methyl sites for hydroxylation is 1. The molecule has 0 saturated carbocycles. The second kappa shape index (κ2) is 5.09. The summed E-state index contributed by atoms with van der Waals surface area (Å²) >= 11 is 4.25. The molecule has 2 rings (SSSR count). The summed E-state index contributed by atoms with van der Waals surface area (Å²) < 4.78 is 1.99. The van der Waals surface area contributed by atoms with E-state index in [1.165, 1.54) is 24.1 Å². The fourth-order valence-corrected chi connectivity index (χ4v) is 2.74. The molecule has 0 N–H and O–H groups in total. The Morgan fingerprint density at radius 3 is 2.81 bits per heavy atom. The van der Waals surface area contributed by atoms with Crippen LogP contribution in [0, 0.1) is 0 Å². The monoisotopic (exact) mass is 237 g/mol. The van der Waals surface area contributed by atoms with Crippen molar-refractivity contribution in [2.75, 3.05) is 0 Å². The van der Waals surface area contributed by atoms with Crippen LogP contribution in [0.2, 0.25) is 0 Å². The Hall–Kier alpha value is -0.700. The molecule has 2 nitrogen and oxygen atoms in total. The third-order valence-electron chi connectivity index (χ3n) is 3.29. The van der Waals surface area contributed by atoms with Crippen molar-refractivity contribution in [2.24, 2.45) is 0 Å². The van der Waals surface area contributed by atoms with E-state index in [4.69, 9.17) is 0 Å². The maximum atomic E-state index is 12.2. The van der Waals surface area contributed by atoms with Crippen LogP contribution in [0.1, 0.15) is 43.0 Å². The van der Waals surface area contributed by atoms with Crippen molar-refractivity contribution in [1.29, 1.82) is 0 Å². The van der Waals surface area contributed by atoms with Gasteiger partial charge in [0.05, 0.1) is 0 Å². The van der Waals surface area contributed by atoms with Crippen LogP contribution < -0.4 is 5.56 Å². The highest BCUT2D eigenvalue weighted by Gasteiger charge is 2.16. The van der Waals surface area contributed by atoms with Gasteiger partial charge >= 0.3 is 0 Å². The van der Waals surface area contributed by atoms with Crippen LogP contribution in [-0.2, 0) is 25.1 Å². The van der Waals surface area contributed by atoms with Gasteiger partial charge in [-0.3, -0.25) is 4.79 Å². The molecule has 16 heavy (non-hydrogen) atoms. The molecule has 1 aliphatic carbocycles. The minimum absolute atomic E-state index is 0.178. The number of aromatic nitrogens is 1. The van der Waals surface area contributed by atoms with Crippen molar-refractivity contribution in [3.8, 4) is 0 Å². The second-order valence-corrected chi connectivity index (χ2v) is 4.78. The molecule has 0 aliphatic heterocycles. The van der Waals surface area contributed by atoms with E-state index < -0.39 is 0 Å². The SMILES string of the molecule is CCCn1c2c(cc(CS)c1=O)CCCC2. The Labute approximate surface area is 102 Å². The molecule has 0 aromatic carbocycles. The zero-order valence-corrected chi connectivity index (χ0v) is 10.7. The topological polar surface area (TPSA) is 22.0 Å². The summed E-state index contributed by atoms with van der Waals surface area (Å²) in [6.07, 6.45) is 5.68. The number of fused-ring (bicyclic) bond motifs is 1. The van der Waals surface area contributed by atoms with Crippen LogP contribution in [0.3, 0.4) is 0 Å². The first-order chi connectivity index (χ1) is 7.77. The van der Waals surface area contributed by atoms with Gasteiger partial charge in [-0.25, -0.2) is 0 Å². The van der Waals surface area contributed by atoms with Crippen molar-refractivity contribution in [3.63, 3.8) is 0 Å². The van der Waals surface area contributed by atoms with Gasteiger partial charge in [-0.05, 0) is 43.7 Å². The average molecular weight is 237 g/mol. The summed E-state index contributed by atoms with van der Waals surface area (Å²) in [5, 5.41) is 0. The van der Waals surface area contributed by atoms with Gasteiger partial charge in [0.1, 0.15) is 0 Å². The average Bonchev–Trinajstić information content (AvgIpc) is 2.32. The number of pyridine rings is 1. The summed E-state index contributed by atoms with van der Waals surface area (Å²) in [4.78, 5) is 12.2. The lowest BCUT2D eigenvalue weighted by Gasteiger charge is -2.22. The van der Waals surface area contributed by atoms with E-state index >= 15 is 0 Å². The number of thiol groups is 1. The third kappa shape index (κ3) is 2.05. The van der Waals surface area contributed by atoms with Crippen molar-refractivity contribution >= 4 is 12.6 Å². The largest absolute Gasteiger partial charge is 0.312 e. The fraction of sp³-hybridized carbons (Fsp3) is 0.615. The predicted molar refractivity (Wildman–Crippen MR) is 70.3 cm³/mol. The van der Waals surface area contributed by atoms with Gasteiger partial charge in [0.2, 0.25) is 0 Å². The molecular formula is C13H19NOS. The number of nitrogens with zero attached hydrogens (tertiary/aromatic N) is 1. The molecule has 0 spiro atoms. The third-order valence-corrected chi connectivity index (χ3v) is 3.63. The van der Waals surface area contributed by atoms with E-state index in [0.29, 0.717) is 5.75 Å². The number of hydrogen-bond donors (Lipinski definition) is 1. The quantitative estimate of drug-likeness (QED) is 0.802. The lowest BCUT2D eigenvalue weighted by atomic mass is 9.94. The summed E-state index contributed by atoms with van der Waals surface area (Å²) in [7, 11) is 0. The summed E-state index contributed by atoms with van der Waals surface area (Å²) in [6, 6.07) is 2.08. The molecular weight excluding hydrogens is 218 g/mol. The molecule has 1 aromatic heterocycles. The second-order valence-electron chi connectivity index (χ2n) is 4.46. The molecule has 0 fully saturated rings. The van der Waals surface area contributed by atoms with Gasteiger partial charge in [0, 0.05) is 23.6 Å². The first kappa shape index (κ1) is 11.8. The Bertz CT molecular complexity index is 436. The molecule has 3 heteroatoms. The van der Waals surface area contributed by atoms with Crippen molar-refractivity contribution in [1.82, 2.24) is 4.57 Å². The van der Waals surface area contributed by atoms with Crippen LogP contribution in [-0.4, -0.2) is 4.57 Å². The lowest BCUT2D eigenvalue weighted by Crippen LogP contribution is -2.29. The smallest absolute Gasteiger partial charge is 0.254 e. The van der Waals surface area contributed by atoms with Gasteiger partial charge in [-0.1, -0.05) is 6.92 Å². The maximum Gasteiger partial charge on any atom is 0.254 e. The van der Waals surface area contributed by atoms with Crippen molar-refractivity contribution in [2.45, 2.75) is 51.3 Å². The van der Waals surface area contributed by atoms with Gasteiger partial charge in [-0.2, -0.15) is 12.6 Å². The fourth-order valence-electron chi connectivity index (χ4n) is 2.52. The highest BCUT2D eigenvalue weighted by atomic mass is 32.1. The number of hydrogen-bond acceptors (Lipinski definition) is 2. The van der Waals surface area contributed by atoms with Gasteiger partial charge in [-0.15, -0.1) is 0 Å². The van der Waals surface area contributed by atoms with Crippen LogP contribution in [0.25, 0.3) is 0 Å². The summed E-state index contributed by atoms with van der Waals surface area (Å²) in [5.74, 6) is 0.551. The Kier molecular flexibility index (Phi) is 3.74. The van der Waals surface area contributed by atoms with Crippen LogP contribution in [0.15, 0.2) is 10.9 Å². The molecule has 1 heterocycles. The molecule has 0 radical (unpaired) electrons. The molecule has 88 valence electrons. The zero-order valence-electron chi connectivity index (χ0n) is 9.83. The molecule has 0 atom stereocenters. The Morgan fingerprint density at radius 2 is 2.12 bits per heavy atom. The molecule has 0 saturated heterocycles. The summed E-state index contributed by atoms with van der Waals surface area (Å²) in [6.45, 7) is 2.97. The molecule has 0 bridgehead atoms. The van der Waals surface area contributed by atoms with E-state index in [1.807, 2.05) is 4.57 Å². The number of rotatable bonds is 3. The predicted octanol–water partition coefficient (Wildman–Crippen LogP) is 2.57. The van der Waals surface area contributed by atoms with E-state index in [0.717, 1.165) is 31.4 Å². The Morgan fingerprint density at radius 1 is 1.38 bits per heavy atom. The first-order valence-corrected chi connectivity index (χ1v) is 6.76. The van der Waals surface area contributed by atoms with Crippen LogP contribution in [0.5, 0.6) is 0 Å². The van der Waals surface area contributed by atoms with E-state index in [-0.39, 0.29) is 5.56 Å². The standard InChI is InChI=1S/C13H19NOS/c1-2-7-14-12-6-4-3-5-10(12)8-11(9-16)13(14)15/h8,16H,2-7,9H2,1H3. The van der Waals surface area contributed by atoms with Gasteiger partial charge in [0.15, 0.2) is 0 Å². The molecule has 1 aromatic rings. The van der Waals surface area contributed by atoms with Crippen LogP contribution >= 0.6 is 12.6 Å². The van der Waals surface area contributed by atoms with E-state index in [9.17, 15) is 4.79 Å². The normalized spacial score (nSPS) is 14.9. The van der Waals surface area contributed by atoms with E-state index in [1.54, 1.807) is 0 Å². The van der Waals surface area contributed by atoms with Gasteiger partial charge in [0.25, 0.3) is 5.56 Å². The Balaban J connectivity index is 2.57. The zero-order chi connectivity index (χ0) is 11.5. The van der Waals surface area contributed by atoms with E-state index in [2.05, 4.69) is 25.6 Å². The van der Waals surface area contributed by atoms with Crippen LogP contribution in [0.4, 0.5) is 0 Å². The first-order valence-electron chi connectivity index (χ1n) is 6.13.